The van der Waals surface area contributed by atoms with E-state index in [9.17, 15) is 29.1 Å². The average Bonchev–Trinajstić information content (AvgIpc) is 3.80. The Bertz CT molecular complexity index is 1880. The van der Waals surface area contributed by atoms with E-state index in [0.29, 0.717) is 24.2 Å². The van der Waals surface area contributed by atoms with E-state index in [1.807, 2.05) is 24.3 Å². The lowest BCUT2D eigenvalue weighted by Gasteiger charge is -2.30. The summed E-state index contributed by atoms with van der Waals surface area (Å²) in [6, 6.07) is 8.38. The molecule has 2 aliphatic rings. The van der Waals surface area contributed by atoms with Crippen molar-refractivity contribution in [1.29, 1.82) is 0 Å². The van der Waals surface area contributed by atoms with E-state index >= 15 is 0 Å². The summed E-state index contributed by atoms with van der Waals surface area (Å²) in [5.41, 5.74) is 0.624. The molecule has 14 heteroatoms. The Balaban J connectivity index is 1.32. The molecule has 0 aliphatic carbocycles. The molecule has 1 saturated heterocycles. The fraction of sp³-hybridized carbons (Fsp3) is 0.395. The number of benzene rings is 1. The maximum atomic E-state index is 13.7. The first-order chi connectivity index (χ1) is 25.0. The van der Waals surface area contributed by atoms with Crippen LogP contribution in [0.4, 0.5) is 10.6 Å². The normalized spacial score (nSPS) is 23.6. The molecule has 0 radical (unpaired) electrons. The predicted molar refractivity (Wildman–Crippen MR) is 190 cm³/mol. The highest BCUT2D eigenvalue weighted by Gasteiger charge is 2.39. The Morgan fingerprint density at radius 2 is 1.96 bits per heavy atom. The first-order valence-corrected chi connectivity index (χ1v) is 17.2. The average molecular weight is 714 g/mol. The zero-order valence-electron chi connectivity index (χ0n) is 29.3. The van der Waals surface area contributed by atoms with Crippen LogP contribution in [0, 0.1) is 11.8 Å². The lowest BCUT2D eigenvalue weighted by Crippen LogP contribution is -2.44. The Hall–Kier alpha value is -5.63. The maximum absolute atomic E-state index is 13.7. The number of aromatic nitrogens is 2. The smallest absolute Gasteiger partial charge is 0.412 e. The SMILES string of the molecule is CC1=C[C@@H](O)CC(=O)Cc2nc(co2)C(=O)N2CCC[C@@H]2C(=O)O[C@H]([C@H](C)COC(=O)Nc2cc3ccccc3cn2)[C@H](C)/C=C/C(=O)NCC=C1. The molecule has 0 unspecified atom stereocenters. The number of carbonyl (C=O) groups excluding carboxylic acids is 5. The first kappa shape index (κ1) is 37.6. The highest BCUT2D eigenvalue weighted by atomic mass is 16.6. The zero-order valence-corrected chi connectivity index (χ0v) is 29.3. The number of fused-ring (bicyclic) bond motifs is 4. The number of pyridine rings is 1. The topological polar surface area (TPSA) is 190 Å². The molecule has 14 nitrogen and oxygen atoms in total. The third kappa shape index (κ3) is 10.2. The quantitative estimate of drug-likeness (QED) is 0.327. The van der Waals surface area contributed by atoms with Gasteiger partial charge in [0.1, 0.15) is 30.0 Å². The number of aliphatic hydroxyl groups excluding tert-OH is 1. The summed E-state index contributed by atoms with van der Waals surface area (Å²) in [7, 11) is 0. The molecule has 4 heterocycles. The summed E-state index contributed by atoms with van der Waals surface area (Å²) in [6.45, 7) is 5.61. The molecule has 5 rings (SSSR count). The van der Waals surface area contributed by atoms with Gasteiger partial charge in [0.2, 0.25) is 11.8 Å². The third-order valence-electron chi connectivity index (χ3n) is 8.79. The van der Waals surface area contributed by atoms with E-state index in [1.165, 1.54) is 17.1 Å². The van der Waals surface area contributed by atoms with Crippen LogP contribution in [0.5, 0.6) is 0 Å². The fourth-order valence-electron chi connectivity index (χ4n) is 6.15. The van der Waals surface area contributed by atoms with Crippen LogP contribution in [-0.4, -0.2) is 87.6 Å². The number of carbonyl (C=O) groups is 5. The van der Waals surface area contributed by atoms with E-state index < -0.39 is 54.0 Å². The number of aliphatic hydroxyl groups is 1. The third-order valence-corrected chi connectivity index (χ3v) is 8.79. The van der Waals surface area contributed by atoms with Gasteiger partial charge < -0.3 is 29.2 Å². The van der Waals surface area contributed by atoms with Crippen molar-refractivity contribution in [2.75, 3.05) is 25.0 Å². The lowest BCUT2D eigenvalue weighted by molar-refractivity contribution is -0.159. The summed E-state index contributed by atoms with van der Waals surface area (Å²) in [5.74, 6) is -2.67. The van der Waals surface area contributed by atoms with Crippen molar-refractivity contribution in [2.45, 2.75) is 64.7 Å². The van der Waals surface area contributed by atoms with Gasteiger partial charge in [0, 0.05) is 42.9 Å². The second-order valence-electron chi connectivity index (χ2n) is 13.1. The van der Waals surface area contributed by atoms with Gasteiger partial charge in [0.25, 0.3) is 5.91 Å². The minimum atomic E-state index is -1.05. The molecule has 3 aromatic rings. The van der Waals surface area contributed by atoms with Crippen molar-refractivity contribution in [3.63, 3.8) is 0 Å². The largest absolute Gasteiger partial charge is 0.460 e. The predicted octanol–water partition coefficient (Wildman–Crippen LogP) is 4.31. The van der Waals surface area contributed by atoms with Crippen LogP contribution in [0.25, 0.3) is 10.8 Å². The van der Waals surface area contributed by atoms with E-state index in [0.717, 1.165) is 17.0 Å². The van der Waals surface area contributed by atoms with Crippen molar-refractivity contribution in [2.24, 2.45) is 11.8 Å². The van der Waals surface area contributed by atoms with Crippen LogP contribution >= 0.6 is 0 Å². The summed E-state index contributed by atoms with van der Waals surface area (Å²) in [5, 5.41) is 17.6. The number of cyclic esters (lactones) is 1. The highest BCUT2D eigenvalue weighted by Crippen LogP contribution is 2.26. The van der Waals surface area contributed by atoms with Gasteiger partial charge in [-0.05, 0) is 37.3 Å². The van der Waals surface area contributed by atoms with Gasteiger partial charge in [-0.2, -0.15) is 0 Å². The summed E-state index contributed by atoms with van der Waals surface area (Å²) < 4.78 is 17.0. The van der Waals surface area contributed by atoms with Gasteiger partial charge in [0.15, 0.2) is 5.69 Å². The number of rotatable bonds is 4. The van der Waals surface area contributed by atoms with Gasteiger partial charge in [-0.3, -0.25) is 19.7 Å². The molecule has 2 bridgehead atoms. The number of ether oxygens (including phenoxy) is 2. The van der Waals surface area contributed by atoms with Crippen LogP contribution in [0.2, 0.25) is 0 Å². The number of hydrogen-bond acceptors (Lipinski definition) is 11. The van der Waals surface area contributed by atoms with Crippen molar-refractivity contribution in [3.05, 3.63) is 90.3 Å². The molecule has 5 atom stereocenters. The molecule has 1 aromatic carbocycles. The molecule has 2 aromatic heterocycles. The number of nitrogens with one attached hydrogen (secondary N) is 2. The molecular formula is C38H43N5O9. The molecule has 0 spiro atoms. The van der Waals surface area contributed by atoms with E-state index in [1.54, 1.807) is 51.3 Å². The molecular weight excluding hydrogens is 670 g/mol. The van der Waals surface area contributed by atoms with Gasteiger partial charge in [-0.15, -0.1) is 0 Å². The summed E-state index contributed by atoms with van der Waals surface area (Å²) >= 11 is 0. The van der Waals surface area contributed by atoms with Crippen molar-refractivity contribution in [3.8, 4) is 0 Å². The lowest BCUT2D eigenvalue weighted by atomic mass is 9.93. The zero-order chi connectivity index (χ0) is 37.2. The van der Waals surface area contributed by atoms with Crippen molar-refractivity contribution >= 4 is 46.3 Å². The van der Waals surface area contributed by atoms with E-state index in [4.69, 9.17) is 13.9 Å². The Labute approximate surface area is 301 Å². The number of amides is 3. The second-order valence-corrected chi connectivity index (χ2v) is 13.1. The van der Waals surface area contributed by atoms with Gasteiger partial charge in [-0.1, -0.05) is 68.0 Å². The number of anilines is 1. The van der Waals surface area contributed by atoms with Gasteiger partial charge >= 0.3 is 12.1 Å². The van der Waals surface area contributed by atoms with Crippen LogP contribution < -0.4 is 10.6 Å². The maximum Gasteiger partial charge on any atom is 0.412 e. The Morgan fingerprint density at radius 3 is 2.77 bits per heavy atom. The Kier molecular flexibility index (Phi) is 12.7. The highest BCUT2D eigenvalue weighted by molar-refractivity contribution is 5.95. The van der Waals surface area contributed by atoms with E-state index in [-0.39, 0.29) is 49.9 Å². The number of oxazole rings is 1. The minimum absolute atomic E-state index is 0.0172. The molecule has 52 heavy (non-hydrogen) atoms. The number of Topliss-reactive ketones (excluding diaryl/α,β-unsaturated/α-hetero) is 1. The molecule has 3 N–H and O–H groups in total. The minimum Gasteiger partial charge on any atom is -0.460 e. The van der Waals surface area contributed by atoms with E-state index in [2.05, 4.69) is 20.6 Å². The van der Waals surface area contributed by atoms with Crippen LogP contribution in [0.1, 0.15) is 56.4 Å². The molecule has 2 aliphatic heterocycles. The number of allylic oxidation sites excluding steroid dienone is 2. The van der Waals surface area contributed by atoms with Gasteiger partial charge in [-0.25, -0.2) is 19.6 Å². The fourth-order valence-corrected chi connectivity index (χ4v) is 6.15. The number of hydrogen-bond donors (Lipinski definition) is 3. The number of esters is 1. The second kappa shape index (κ2) is 17.5. The monoisotopic (exact) mass is 713 g/mol. The van der Waals surface area contributed by atoms with Crippen LogP contribution in [0.15, 0.2) is 83.2 Å². The molecule has 0 saturated carbocycles. The molecule has 1 fully saturated rings. The number of ketones is 1. The molecule has 274 valence electrons. The molecule has 3 amide bonds. The van der Waals surface area contributed by atoms with Gasteiger partial charge in [0.05, 0.1) is 19.1 Å². The van der Waals surface area contributed by atoms with Crippen molar-refractivity contribution < 1.29 is 43.0 Å². The number of nitrogens with zero attached hydrogens (tertiary/aromatic N) is 3. The standard InChI is InChI=1S/C38H43N5O9/c1-23-8-6-14-39-33(46)13-12-24(2)35(25(3)21-51-38(49)42-32-17-26-9-4-5-10-27(26)20-40-32)52-37(48)31-11-7-15-43(31)36(47)30-22-50-34(41-30)19-29(45)18-28(44)16-23/h4-6,8-10,12-13,16-17,20,22,24-25,28,31,35,44H,7,11,14-15,18-19,21H2,1-3H3,(H,39,46)(H,40,42,49)/b8-6?,13-12+,23-16?/t24-,25-,28-,31-,35+/m1/s1. The summed E-state index contributed by atoms with van der Waals surface area (Å²) in [6.07, 6.45) is 8.48. The summed E-state index contributed by atoms with van der Waals surface area (Å²) in [4.78, 5) is 75.0. The van der Waals surface area contributed by atoms with Crippen LogP contribution in [0.3, 0.4) is 0 Å². The Morgan fingerprint density at radius 1 is 1.17 bits per heavy atom. The first-order valence-electron chi connectivity index (χ1n) is 17.2. The van der Waals surface area contributed by atoms with Crippen LogP contribution in [-0.2, 0) is 30.3 Å². The van der Waals surface area contributed by atoms with Crippen molar-refractivity contribution in [1.82, 2.24) is 20.2 Å².